The van der Waals surface area contributed by atoms with Crippen molar-refractivity contribution in [3.05, 3.63) is 54.6 Å². The van der Waals surface area contributed by atoms with Gasteiger partial charge in [0.05, 0.1) is 22.7 Å². The molecule has 206 valence electrons. The van der Waals surface area contributed by atoms with E-state index >= 15 is 0 Å². The first-order valence-corrected chi connectivity index (χ1v) is 14.8. The van der Waals surface area contributed by atoms with Gasteiger partial charge in [-0.25, -0.2) is 27.2 Å². The minimum absolute atomic E-state index is 0.0277. The third-order valence-electron chi connectivity index (χ3n) is 7.79. The fourth-order valence-corrected chi connectivity index (χ4v) is 7.62. The van der Waals surface area contributed by atoms with Crippen molar-refractivity contribution in [2.24, 2.45) is 11.8 Å². The molecule has 6 rings (SSSR count). The lowest BCUT2D eigenvalue weighted by Crippen LogP contribution is -2.34. The zero-order valence-corrected chi connectivity index (χ0v) is 23.1. The van der Waals surface area contributed by atoms with Crippen LogP contribution in [0.3, 0.4) is 0 Å². The van der Waals surface area contributed by atoms with Crippen LogP contribution < -0.4 is 5.32 Å². The lowest BCUT2D eigenvalue weighted by atomic mass is 9.92. The van der Waals surface area contributed by atoms with Gasteiger partial charge < -0.3 is 19.7 Å². The quantitative estimate of drug-likeness (QED) is 0.370. The molecule has 1 aromatic carbocycles. The van der Waals surface area contributed by atoms with E-state index in [-0.39, 0.29) is 23.0 Å². The Bertz CT molecular complexity index is 1650. The van der Waals surface area contributed by atoms with Crippen molar-refractivity contribution < 1.29 is 23.1 Å². The summed E-state index contributed by atoms with van der Waals surface area (Å²) in [5.41, 5.74) is 1.19. The lowest BCUT2D eigenvalue weighted by Gasteiger charge is -2.29. The number of ether oxygens (including phenoxy) is 1. The topological polar surface area (TPSA) is 128 Å². The first-order chi connectivity index (χ1) is 18.5. The largest absolute Gasteiger partial charge is 0.444 e. The number of hydrogen-bond donors (Lipinski definition) is 2. The average Bonchev–Trinajstić information content (AvgIpc) is 3.64. The first-order valence-electron chi connectivity index (χ1n) is 13.4. The van der Waals surface area contributed by atoms with Gasteiger partial charge in [0, 0.05) is 36.5 Å². The highest BCUT2D eigenvalue weighted by molar-refractivity contribution is 7.90. The SMILES string of the molecule is CC(C)(C)OC(=O)NCCc1nc2cnc3c(ccn3S(=O)(=O)c3ccccc3)c2n1C1CC2CC(O)C1C2. The fraction of sp³-hybridized carbons (Fsp3) is 0.464. The molecule has 2 N–H and O–H groups in total. The van der Waals surface area contributed by atoms with Gasteiger partial charge in [-0.2, -0.15) is 0 Å². The highest BCUT2D eigenvalue weighted by Gasteiger charge is 2.47. The van der Waals surface area contributed by atoms with Crippen LogP contribution in [0, 0.1) is 11.8 Å². The van der Waals surface area contributed by atoms with Crippen molar-refractivity contribution in [2.45, 2.75) is 69.1 Å². The Hall–Kier alpha value is -3.44. The minimum Gasteiger partial charge on any atom is -0.444 e. The Labute approximate surface area is 227 Å². The molecule has 4 unspecified atom stereocenters. The van der Waals surface area contributed by atoms with E-state index < -0.39 is 21.7 Å². The lowest BCUT2D eigenvalue weighted by molar-refractivity contribution is 0.0528. The van der Waals surface area contributed by atoms with Crippen molar-refractivity contribution in [2.75, 3.05) is 6.54 Å². The molecule has 2 saturated carbocycles. The first kappa shape index (κ1) is 25.8. The fourth-order valence-electron chi connectivity index (χ4n) is 6.29. The molecule has 0 radical (unpaired) electrons. The summed E-state index contributed by atoms with van der Waals surface area (Å²) in [6.45, 7) is 5.76. The molecule has 4 aromatic rings. The van der Waals surface area contributed by atoms with Gasteiger partial charge in [-0.05, 0) is 64.2 Å². The Morgan fingerprint density at radius 3 is 2.62 bits per heavy atom. The smallest absolute Gasteiger partial charge is 0.407 e. The second-order valence-corrected chi connectivity index (χ2v) is 13.4. The maximum absolute atomic E-state index is 13.5. The van der Waals surface area contributed by atoms with Crippen molar-refractivity contribution in [1.29, 1.82) is 0 Å². The standard InChI is InChI=1S/C28H33N5O5S/c1-28(2,3)38-27(35)29-11-9-24-31-21-16-30-26-19(10-12-32(26)39(36,37)18-7-5-4-6-8-18)25(21)33(24)22-14-17-13-20(22)23(34)15-17/h4-8,10,12,16-17,20,22-23,34H,9,11,13-15H2,1-3H3,(H,29,35). The molecule has 11 heteroatoms. The number of aliphatic hydroxyl groups excluding tert-OH is 1. The van der Waals surface area contributed by atoms with E-state index in [2.05, 4.69) is 14.9 Å². The van der Waals surface area contributed by atoms with Crippen molar-refractivity contribution >= 4 is 38.2 Å². The number of imidazole rings is 1. The van der Waals surface area contributed by atoms with E-state index in [0.29, 0.717) is 35.4 Å². The van der Waals surface area contributed by atoms with Gasteiger partial charge in [0.25, 0.3) is 10.0 Å². The molecule has 4 atom stereocenters. The number of nitrogens with one attached hydrogen (secondary N) is 1. The number of benzene rings is 1. The number of hydrogen-bond acceptors (Lipinski definition) is 7. The van der Waals surface area contributed by atoms with Gasteiger partial charge in [0.1, 0.15) is 16.9 Å². The number of rotatable bonds is 6. The molecule has 10 nitrogen and oxygen atoms in total. The summed E-state index contributed by atoms with van der Waals surface area (Å²) >= 11 is 0. The van der Waals surface area contributed by atoms with Crippen LogP contribution in [0.25, 0.3) is 22.1 Å². The maximum atomic E-state index is 13.5. The summed E-state index contributed by atoms with van der Waals surface area (Å²) in [6.07, 6.45) is 5.42. The monoisotopic (exact) mass is 551 g/mol. The van der Waals surface area contributed by atoms with Crippen LogP contribution in [-0.4, -0.2) is 56.4 Å². The number of amides is 1. The summed E-state index contributed by atoms with van der Waals surface area (Å²) < 4.78 is 35.7. The van der Waals surface area contributed by atoms with E-state index in [0.717, 1.165) is 30.6 Å². The molecule has 39 heavy (non-hydrogen) atoms. The summed E-state index contributed by atoms with van der Waals surface area (Å²) in [7, 11) is -3.85. The number of pyridine rings is 1. The van der Waals surface area contributed by atoms with E-state index in [4.69, 9.17) is 9.72 Å². The minimum atomic E-state index is -3.85. The van der Waals surface area contributed by atoms with Crippen LogP contribution in [0.15, 0.2) is 53.7 Å². The normalized spacial score (nSPS) is 23.1. The number of fused-ring (bicyclic) bond motifs is 5. The molecular weight excluding hydrogens is 518 g/mol. The van der Waals surface area contributed by atoms with Gasteiger partial charge in [-0.1, -0.05) is 18.2 Å². The number of alkyl carbamates (subject to hydrolysis) is 1. The van der Waals surface area contributed by atoms with Crippen molar-refractivity contribution in [3.8, 4) is 0 Å². The number of carbonyl (C=O) groups excluding carboxylic acids is 1. The van der Waals surface area contributed by atoms with Crippen LogP contribution in [-0.2, 0) is 21.2 Å². The Balaban J connectivity index is 1.43. The van der Waals surface area contributed by atoms with Crippen LogP contribution in [0.4, 0.5) is 4.79 Å². The second-order valence-electron chi connectivity index (χ2n) is 11.6. The molecule has 2 fully saturated rings. The number of aromatic nitrogens is 4. The number of aliphatic hydroxyl groups is 1. The van der Waals surface area contributed by atoms with E-state index in [1.807, 2.05) is 20.8 Å². The second kappa shape index (κ2) is 9.34. The predicted molar refractivity (Wildman–Crippen MR) is 146 cm³/mol. The van der Waals surface area contributed by atoms with Crippen LogP contribution in [0.5, 0.6) is 0 Å². The summed E-state index contributed by atoms with van der Waals surface area (Å²) in [5, 5.41) is 14.2. The van der Waals surface area contributed by atoms with Gasteiger partial charge in [0.15, 0.2) is 5.65 Å². The molecular formula is C28H33N5O5S. The highest BCUT2D eigenvalue weighted by atomic mass is 32.2. The Kier molecular flexibility index (Phi) is 6.18. The Morgan fingerprint density at radius 1 is 1.15 bits per heavy atom. The third kappa shape index (κ3) is 4.57. The van der Waals surface area contributed by atoms with E-state index in [1.54, 1.807) is 42.6 Å². The molecule has 0 aliphatic heterocycles. The predicted octanol–water partition coefficient (Wildman–Crippen LogP) is 4.02. The van der Waals surface area contributed by atoms with Crippen LogP contribution in [0.2, 0.25) is 0 Å². The number of nitrogens with zero attached hydrogens (tertiary/aromatic N) is 4. The van der Waals surface area contributed by atoms with Gasteiger partial charge in [-0.15, -0.1) is 0 Å². The number of carbonyl (C=O) groups is 1. The van der Waals surface area contributed by atoms with Crippen LogP contribution >= 0.6 is 0 Å². The summed E-state index contributed by atoms with van der Waals surface area (Å²) in [5.74, 6) is 1.31. The van der Waals surface area contributed by atoms with Gasteiger partial charge in [0.2, 0.25) is 0 Å². The van der Waals surface area contributed by atoms with Crippen molar-refractivity contribution in [1.82, 2.24) is 23.8 Å². The zero-order valence-electron chi connectivity index (χ0n) is 22.2. The molecule has 0 saturated heterocycles. The average molecular weight is 552 g/mol. The summed E-state index contributed by atoms with van der Waals surface area (Å²) in [6, 6.07) is 10.1. The molecule has 1 amide bonds. The zero-order chi connectivity index (χ0) is 27.5. The molecule has 2 aliphatic rings. The molecule has 3 heterocycles. The molecule has 0 spiro atoms. The summed E-state index contributed by atoms with van der Waals surface area (Å²) in [4.78, 5) is 21.8. The van der Waals surface area contributed by atoms with Gasteiger partial charge >= 0.3 is 6.09 Å². The maximum Gasteiger partial charge on any atom is 0.407 e. The van der Waals surface area contributed by atoms with Crippen LogP contribution in [0.1, 0.15) is 51.9 Å². The Morgan fingerprint density at radius 2 is 1.92 bits per heavy atom. The van der Waals surface area contributed by atoms with Gasteiger partial charge in [-0.3, -0.25) is 0 Å². The third-order valence-corrected chi connectivity index (χ3v) is 9.47. The highest BCUT2D eigenvalue weighted by Crippen LogP contribution is 2.52. The van der Waals surface area contributed by atoms with E-state index in [1.165, 1.54) is 10.2 Å². The molecule has 3 aromatic heterocycles. The van der Waals surface area contributed by atoms with Crippen molar-refractivity contribution in [3.63, 3.8) is 0 Å². The van der Waals surface area contributed by atoms with E-state index in [9.17, 15) is 18.3 Å². The molecule has 2 aliphatic carbocycles. The molecule has 2 bridgehead atoms.